The molecule has 0 aliphatic rings. The van der Waals surface area contributed by atoms with E-state index in [0.717, 1.165) is 15.0 Å². The quantitative estimate of drug-likeness (QED) is 0.826. The lowest BCUT2D eigenvalue weighted by atomic mass is 10.3. The molecule has 0 saturated carbocycles. The van der Waals surface area contributed by atoms with Crippen molar-refractivity contribution in [1.82, 2.24) is 4.31 Å². The zero-order valence-corrected chi connectivity index (χ0v) is 14.2. The molecule has 2 aromatic rings. The zero-order chi connectivity index (χ0) is 16.2. The van der Waals surface area contributed by atoms with E-state index in [1.807, 2.05) is 6.07 Å². The van der Waals surface area contributed by atoms with Crippen molar-refractivity contribution < 1.29 is 17.6 Å². The van der Waals surface area contributed by atoms with Crippen LogP contribution in [0.5, 0.6) is 0 Å². The van der Waals surface area contributed by atoms with E-state index in [1.54, 1.807) is 30.3 Å². The first-order chi connectivity index (χ1) is 10.3. The third kappa shape index (κ3) is 4.97. The second kappa shape index (κ2) is 7.08. The maximum atomic E-state index is 12.0. The van der Waals surface area contributed by atoms with E-state index in [0.29, 0.717) is 11.4 Å². The van der Waals surface area contributed by atoms with Crippen molar-refractivity contribution >= 4 is 37.5 Å². The summed E-state index contributed by atoms with van der Waals surface area (Å²) >= 11 is 3.30. The predicted octanol–water partition coefficient (Wildman–Crippen LogP) is 2.44. The van der Waals surface area contributed by atoms with E-state index < -0.39 is 15.9 Å². The van der Waals surface area contributed by atoms with Gasteiger partial charge in [0.15, 0.2) is 0 Å². The molecule has 0 unspecified atom stereocenters. The highest BCUT2D eigenvalue weighted by Crippen LogP contribution is 2.16. The van der Waals surface area contributed by atoms with Crippen molar-refractivity contribution in [3.8, 4) is 0 Å². The molecule has 0 aliphatic carbocycles. The Kier molecular flexibility index (Phi) is 5.38. The molecule has 0 aliphatic heterocycles. The summed E-state index contributed by atoms with van der Waals surface area (Å²) in [5, 5.41) is 2.66. The molecule has 8 heteroatoms. The van der Waals surface area contributed by atoms with Crippen molar-refractivity contribution in [3.05, 3.63) is 52.9 Å². The first-order valence-electron chi connectivity index (χ1n) is 6.37. The number of benzene rings is 1. The molecular weight excluding hydrogens is 372 g/mol. The van der Waals surface area contributed by atoms with Gasteiger partial charge in [-0.3, -0.25) is 4.79 Å². The number of sulfonamides is 1. The van der Waals surface area contributed by atoms with Crippen molar-refractivity contribution in [2.24, 2.45) is 0 Å². The molecule has 0 bridgehead atoms. The van der Waals surface area contributed by atoms with E-state index in [-0.39, 0.29) is 13.1 Å². The largest absolute Gasteiger partial charge is 0.468 e. The van der Waals surface area contributed by atoms with Gasteiger partial charge >= 0.3 is 0 Å². The number of rotatable bonds is 6. The van der Waals surface area contributed by atoms with Crippen molar-refractivity contribution in [2.45, 2.75) is 6.54 Å². The van der Waals surface area contributed by atoms with Crippen LogP contribution in [-0.2, 0) is 21.4 Å². The monoisotopic (exact) mass is 386 g/mol. The average molecular weight is 387 g/mol. The molecule has 1 aromatic heterocycles. The average Bonchev–Trinajstić information content (AvgIpc) is 2.89. The molecule has 0 saturated heterocycles. The fourth-order valence-electron chi connectivity index (χ4n) is 1.79. The summed E-state index contributed by atoms with van der Waals surface area (Å²) in [6, 6.07) is 10.4. The smallest absolute Gasteiger partial charge is 0.239 e. The number of amides is 1. The van der Waals surface area contributed by atoms with Crippen LogP contribution in [0.4, 0.5) is 5.69 Å². The topological polar surface area (TPSA) is 79.6 Å². The summed E-state index contributed by atoms with van der Waals surface area (Å²) in [5.74, 6) is 0.0516. The van der Waals surface area contributed by atoms with E-state index in [2.05, 4.69) is 21.2 Å². The number of nitrogens with one attached hydrogen (secondary N) is 1. The van der Waals surface area contributed by atoms with Gasteiger partial charge in [-0.05, 0) is 30.3 Å². The number of furan rings is 1. The Hall–Kier alpha value is -1.64. The summed E-state index contributed by atoms with van der Waals surface area (Å²) in [6.45, 7) is -0.274. The van der Waals surface area contributed by atoms with Gasteiger partial charge in [0.2, 0.25) is 15.9 Å². The predicted molar refractivity (Wildman–Crippen MR) is 86.7 cm³/mol. The minimum atomic E-state index is -3.53. The minimum Gasteiger partial charge on any atom is -0.468 e. The van der Waals surface area contributed by atoms with Gasteiger partial charge < -0.3 is 9.73 Å². The van der Waals surface area contributed by atoms with Gasteiger partial charge in [0.05, 0.1) is 25.6 Å². The maximum absolute atomic E-state index is 12.0. The standard InChI is InChI=1S/C14H15BrN2O4S/c1-22(19,20)17(9-13-6-3-7-21-13)10-14(18)16-12-5-2-4-11(15)8-12/h2-8H,9-10H2,1H3,(H,16,18). The molecule has 0 atom stereocenters. The molecule has 1 amide bonds. The van der Waals surface area contributed by atoms with Crippen LogP contribution in [-0.4, -0.2) is 31.4 Å². The summed E-state index contributed by atoms with van der Waals surface area (Å²) in [7, 11) is -3.53. The molecule has 0 fully saturated rings. The van der Waals surface area contributed by atoms with Gasteiger partial charge in [-0.15, -0.1) is 0 Å². The Labute approximate surface area is 137 Å². The van der Waals surface area contributed by atoms with Crippen molar-refractivity contribution in [1.29, 1.82) is 0 Å². The van der Waals surface area contributed by atoms with Crippen molar-refractivity contribution in [2.75, 3.05) is 18.1 Å². The molecule has 1 heterocycles. The number of hydrogen-bond acceptors (Lipinski definition) is 4. The van der Waals surface area contributed by atoms with Crippen LogP contribution in [0.15, 0.2) is 51.6 Å². The zero-order valence-electron chi connectivity index (χ0n) is 11.8. The van der Waals surface area contributed by atoms with Gasteiger partial charge in [0.1, 0.15) is 5.76 Å². The van der Waals surface area contributed by atoms with Gasteiger partial charge in [-0.25, -0.2) is 8.42 Å². The highest BCUT2D eigenvalue weighted by Gasteiger charge is 2.21. The number of anilines is 1. The Morgan fingerprint density at radius 1 is 1.32 bits per heavy atom. The number of halogens is 1. The first-order valence-corrected chi connectivity index (χ1v) is 9.01. The number of carbonyl (C=O) groups excluding carboxylic acids is 1. The molecule has 0 spiro atoms. The normalized spacial score (nSPS) is 11.6. The fourth-order valence-corrected chi connectivity index (χ4v) is 2.91. The Bertz CT molecular complexity index is 744. The van der Waals surface area contributed by atoms with Crippen LogP contribution in [0, 0.1) is 0 Å². The van der Waals surface area contributed by atoms with Crippen LogP contribution < -0.4 is 5.32 Å². The lowest BCUT2D eigenvalue weighted by Gasteiger charge is -2.18. The van der Waals surface area contributed by atoms with Gasteiger partial charge in [-0.2, -0.15) is 4.31 Å². The minimum absolute atomic E-state index is 0.0116. The van der Waals surface area contributed by atoms with E-state index in [4.69, 9.17) is 4.42 Å². The number of nitrogens with zero attached hydrogens (tertiary/aromatic N) is 1. The Balaban J connectivity index is 2.05. The van der Waals surface area contributed by atoms with Crippen LogP contribution in [0.1, 0.15) is 5.76 Å². The third-order valence-corrected chi connectivity index (χ3v) is 4.50. The molecular formula is C14H15BrN2O4S. The van der Waals surface area contributed by atoms with E-state index >= 15 is 0 Å². The van der Waals surface area contributed by atoms with Crippen LogP contribution in [0.25, 0.3) is 0 Å². The fraction of sp³-hybridized carbons (Fsp3) is 0.214. The van der Waals surface area contributed by atoms with Crippen LogP contribution in [0.3, 0.4) is 0 Å². The summed E-state index contributed by atoms with van der Waals surface area (Å²) in [5.41, 5.74) is 0.589. The van der Waals surface area contributed by atoms with Crippen LogP contribution in [0.2, 0.25) is 0 Å². The summed E-state index contributed by atoms with van der Waals surface area (Å²) in [4.78, 5) is 12.0. The third-order valence-electron chi connectivity index (χ3n) is 2.81. The number of carbonyl (C=O) groups is 1. The molecule has 0 radical (unpaired) electrons. The molecule has 22 heavy (non-hydrogen) atoms. The molecule has 2 rings (SSSR count). The Morgan fingerprint density at radius 2 is 2.09 bits per heavy atom. The number of hydrogen-bond donors (Lipinski definition) is 1. The lowest BCUT2D eigenvalue weighted by molar-refractivity contribution is -0.116. The SMILES string of the molecule is CS(=O)(=O)N(CC(=O)Nc1cccc(Br)c1)Cc1ccco1. The van der Waals surface area contributed by atoms with Crippen molar-refractivity contribution in [3.63, 3.8) is 0 Å². The first kappa shape index (κ1) is 16.7. The highest BCUT2D eigenvalue weighted by atomic mass is 79.9. The van der Waals surface area contributed by atoms with Gasteiger partial charge in [0, 0.05) is 10.2 Å². The van der Waals surface area contributed by atoms with Gasteiger partial charge in [-0.1, -0.05) is 22.0 Å². The molecule has 6 nitrogen and oxygen atoms in total. The van der Waals surface area contributed by atoms with Gasteiger partial charge in [0.25, 0.3) is 0 Å². The second-order valence-electron chi connectivity index (χ2n) is 4.67. The summed E-state index contributed by atoms with van der Waals surface area (Å²) in [6.07, 6.45) is 2.51. The molecule has 118 valence electrons. The maximum Gasteiger partial charge on any atom is 0.239 e. The Morgan fingerprint density at radius 3 is 2.68 bits per heavy atom. The lowest BCUT2D eigenvalue weighted by Crippen LogP contribution is -2.36. The second-order valence-corrected chi connectivity index (χ2v) is 7.57. The molecule has 1 aromatic carbocycles. The molecule has 1 N–H and O–H groups in total. The van der Waals surface area contributed by atoms with E-state index in [9.17, 15) is 13.2 Å². The van der Waals surface area contributed by atoms with Crippen LogP contribution >= 0.6 is 15.9 Å². The highest BCUT2D eigenvalue weighted by molar-refractivity contribution is 9.10. The van der Waals surface area contributed by atoms with E-state index in [1.165, 1.54) is 6.26 Å². The summed E-state index contributed by atoms with van der Waals surface area (Å²) < 4.78 is 30.6.